The second-order valence-electron chi connectivity index (χ2n) is 17.5. The molecule has 11 rings (SSSR count). The zero-order valence-electron chi connectivity index (χ0n) is 31.2. The van der Waals surface area contributed by atoms with Crippen LogP contribution in [0.2, 0.25) is 0 Å². The van der Waals surface area contributed by atoms with Gasteiger partial charge in [-0.3, -0.25) is 0 Å². The third-order valence-electron chi connectivity index (χ3n) is 14.5. The van der Waals surface area contributed by atoms with Crippen LogP contribution < -0.4 is 4.90 Å². The van der Waals surface area contributed by atoms with Crippen molar-refractivity contribution in [1.29, 1.82) is 0 Å². The minimum absolute atomic E-state index is 0.0769. The monoisotopic (exact) mass is 687 g/mol. The highest BCUT2D eigenvalue weighted by atomic mass is 15.1. The largest absolute Gasteiger partial charge is 0.310 e. The van der Waals surface area contributed by atoms with Gasteiger partial charge < -0.3 is 4.90 Å². The summed E-state index contributed by atoms with van der Waals surface area (Å²) in [5, 5.41) is 0. The minimum atomic E-state index is -0.0769. The number of rotatable bonds is 5. The molecule has 1 nitrogen and oxygen atoms in total. The molecule has 3 atom stereocenters. The van der Waals surface area contributed by atoms with Crippen LogP contribution in [0.4, 0.5) is 17.1 Å². The van der Waals surface area contributed by atoms with Gasteiger partial charge in [-0.15, -0.1) is 0 Å². The SMILES string of the molecule is CC1(C)c2ccccc2-c2ccc(N(c3ccc4c(c3)C3(CC5CCC3C5)c3ccccc3-4)c3cc(C4CCCCC4)ccc3-c3ccccc3)cc21. The van der Waals surface area contributed by atoms with E-state index in [9.17, 15) is 0 Å². The number of benzene rings is 6. The van der Waals surface area contributed by atoms with Crippen LogP contribution >= 0.6 is 0 Å². The molecule has 0 aromatic heterocycles. The molecular formula is C52H49N. The fourth-order valence-electron chi connectivity index (χ4n) is 12.1. The van der Waals surface area contributed by atoms with Crippen LogP contribution in [0, 0.1) is 11.8 Å². The Balaban J connectivity index is 1.16. The van der Waals surface area contributed by atoms with Gasteiger partial charge in [0.2, 0.25) is 0 Å². The number of fused-ring (bicyclic) bond motifs is 11. The maximum atomic E-state index is 2.65. The molecule has 2 bridgehead atoms. The maximum absolute atomic E-state index is 2.65. The van der Waals surface area contributed by atoms with E-state index in [-0.39, 0.29) is 10.8 Å². The standard InChI is InChI=1S/C52H49N/c1-51(2)46-19-11-9-17-42(46)44-27-24-39(31-48(44)51)53(50-30-37(35-13-5-3-6-14-35)22-26-41(50)36-15-7-4-8-16-36)40-25-28-45-43-18-10-12-20-47(43)52(49(45)32-40)33-34-21-23-38(52)29-34/h4,7-12,15-20,22,24-28,30-32,34-35,38H,3,5-6,13-14,21,23,29,33H2,1-2H3. The van der Waals surface area contributed by atoms with E-state index in [4.69, 9.17) is 0 Å². The average Bonchev–Trinajstić information content (AvgIpc) is 3.96. The second kappa shape index (κ2) is 11.8. The Morgan fingerprint density at radius 2 is 1.13 bits per heavy atom. The first-order valence-corrected chi connectivity index (χ1v) is 20.5. The summed E-state index contributed by atoms with van der Waals surface area (Å²) in [6, 6.07) is 52.0. The van der Waals surface area contributed by atoms with Crippen molar-refractivity contribution >= 4 is 17.1 Å². The van der Waals surface area contributed by atoms with Gasteiger partial charge in [0.15, 0.2) is 0 Å². The van der Waals surface area contributed by atoms with Crippen LogP contribution in [0.25, 0.3) is 33.4 Å². The number of hydrogen-bond donors (Lipinski definition) is 0. The second-order valence-corrected chi connectivity index (χ2v) is 17.5. The number of anilines is 3. The van der Waals surface area contributed by atoms with Crippen LogP contribution in [-0.2, 0) is 10.8 Å². The first kappa shape index (κ1) is 31.6. The lowest BCUT2D eigenvalue weighted by Gasteiger charge is -2.37. The molecule has 3 unspecified atom stereocenters. The van der Waals surface area contributed by atoms with Crippen molar-refractivity contribution in [2.75, 3.05) is 4.90 Å². The highest BCUT2D eigenvalue weighted by Crippen LogP contribution is 2.66. The normalized spacial score (nSPS) is 23.1. The van der Waals surface area contributed by atoms with Crippen molar-refractivity contribution in [2.45, 2.75) is 88.4 Å². The Morgan fingerprint density at radius 1 is 0.509 bits per heavy atom. The summed E-state index contributed by atoms with van der Waals surface area (Å²) in [4.78, 5) is 2.65. The van der Waals surface area contributed by atoms with Gasteiger partial charge in [-0.1, -0.05) is 143 Å². The van der Waals surface area contributed by atoms with E-state index >= 15 is 0 Å². The smallest absolute Gasteiger partial charge is 0.0542 e. The quantitative estimate of drug-likeness (QED) is 0.174. The van der Waals surface area contributed by atoms with Gasteiger partial charge in [0.1, 0.15) is 0 Å². The molecule has 0 saturated heterocycles. The molecule has 0 N–H and O–H groups in total. The van der Waals surface area contributed by atoms with Crippen LogP contribution in [0.15, 0.2) is 133 Å². The molecule has 6 aromatic rings. The van der Waals surface area contributed by atoms with Gasteiger partial charge in [0, 0.05) is 27.8 Å². The maximum Gasteiger partial charge on any atom is 0.0542 e. The van der Waals surface area contributed by atoms with E-state index in [0.29, 0.717) is 5.92 Å². The van der Waals surface area contributed by atoms with Gasteiger partial charge in [-0.05, 0) is 136 Å². The Kier molecular flexibility index (Phi) is 7.05. The van der Waals surface area contributed by atoms with E-state index in [1.807, 2.05) is 0 Å². The summed E-state index contributed by atoms with van der Waals surface area (Å²) in [7, 11) is 0. The topological polar surface area (TPSA) is 3.24 Å². The van der Waals surface area contributed by atoms with E-state index in [0.717, 1.165) is 11.8 Å². The van der Waals surface area contributed by atoms with Crippen LogP contribution in [-0.4, -0.2) is 0 Å². The van der Waals surface area contributed by atoms with Crippen molar-refractivity contribution in [3.05, 3.63) is 161 Å². The predicted molar refractivity (Wildman–Crippen MR) is 222 cm³/mol. The Hall–Kier alpha value is -4.88. The molecule has 0 aliphatic heterocycles. The molecule has 53 heavy (non-hydrogen) atoms. The Bertz CT molecular complexity index is 2390. The molecule has 6 aromatic carbocycles. The first-order chi connectivity index (χ1) is 26.0. The average molecular weight is 688 g/mol. The molecule has 3 fully saturated rings. The van der Waals surface area contributed by atoms with Crippen LogP contribution in [0.5, 0.6) is 0 Å². The lowest BCUT2D eigenvalue weighted by Crippen LogP contribution is -2.32. The van der Waals surface area contributed by atoms with E-state index in [1.54, 1.807) is 11.1 Å². The molecule has 3 saturated carbocycles. The van der Waals surface area contributed by atoms with Crippen LogP contribution in [0.1, 0.15) is 105 Å². The van der Waals surface area contributed by atoms with E-state index < -0.39 is 0 Å². The molecule has 1 spiro atoms. The lowest BCUT2D eigenvalue weighted by molar-refractivity contribution is 0.327. The minimum Gasteiger partial charge on any atom is -0.310 e. The van der Waals surface area contributed by atoms with Gasteiger partial charge in [0.05, 0.1) is 5.69 Å². The summed E-state index contributed by atoms with van der Waals surface area (Å²) in [5.41, 5.74) is 19.6. The van der Waals surface area contributed by atoms with E-state index in [1.165, 1.54) is 125 Å². The van der Waals surface area contributed by atoms with Crippen molar-refractivity contribution in [3.63, 3.8) is 0 Å². The summed E-state index contributed by atoms with van der Waals surface area (Å²) >= 11 is 0. The van der Waals surface area contributed by atoms with Gasteiger partial charge in [-0.25, -0.2) is 0 Å². The Labute approximate surface area is 315 Å². The fourth-order valence-corrected chi connectivity index (χ4v) is 12.1. The van der Waals surface area contributed by atoms with Gasteiger partial charge >= 0.3 is 0 Å². The molecular weight excluding hydrogens is 639 g/mol. The molecule has 0 radical (unpaired) electrons. The summed E-state index contributed by atoms with van der Waals surface area (Å²) in [5.74, 6) is 2.19. The van der Waals surface area contributed by atoms with Crippen molar-refractivity contribution in [3.8, 4) is 33.4 Å². The Morgan fingerprint density at radius 3 is 1.85 bits per heavy atom. The molecule has 1 heteroatoms. The third-order valence-corrected chi connectivity index (χ3v) is 14.5. The fraction of sp³-hybridized carbons (Fsp3) is 0.308. The van der Waals surface area contributed by atoms with Crippen molar-refractivity contribution in [2.24, 2.45) is 11.8 Å². The molecule has 5 aliphatic rings. The number of hydrogen-bond acceptors (Lipinski definition) is 1. The highest BCUT2D eigenvalue weighted by Gasteiger charge is 2.56. The van der Waals surface area contributed by atoms with Crippen molar-refractivity contribution in [1.82, 2.24) is 0 Å². The summed E-state index contributed by atoms with van der Waals surface area (Å²) < 4.78 is 0. The summed E-state index contributed by atoms with van der Waals surface area (Å²) in [6.07, 6.45) is 12.0. The highest BCUT2D eigenvalue weighted by molar-refractivity contribution is 5.93. The molecule has 0 amide bonds. The molecule has 5 aliphatic carbocycles. The summed E-state index contributed by atoms with van der Waals surface area (Å²) in [6.45, 7) is 4.83. The predicted octanol–water partition coefficient (Wildman–Crippen LogP) is 14.3. The number of nitrogens with zero attached hydrogens (tertiary/aromatic N) is 1. The van der Waals surface area contributed by atoms with Gasteiger partial charge in [0.25, 0.3) is 0 Å². The zero-order valence-corrected chi connectivity index (χ0v) is 31.2. The zero-order chi connectivity index (χ0) is 35.3. The molecule has 0 heterocycles. The first-order valence-electron chi connectivity index (χ1n) is 20.5. The third kappa shape index (κ3) is 4.62. The van der Waals surface area contributed by atoms with Crippen molar-refractivity contribution < 1.29 is 0 Å². The van der Waals surface area contributed by atoms with Crippen LogP contribution in [0.3, 0.4) is 0 Å². The molecule has 262 valence electrons. The lowest BCUT2D eigenvalue weighted by atomic mass is 9.67. The van der Waals surface area contributed by atoms with Gasteiger partial charge in [-0.2, -0.15) is 0 Å². The van der Waals surface area contributed by atoms with E-state index in [2.05, 4.69) is 152 Å².